The minimum atomic E-state index is -1.71. The molecule has 0 bridgehead atoms. The summed E-state index contributed by atoms with van der Waals surface area (Å²) in [7, 11) is 1.42. The molecule has 2 saturated heterocycles. The fourth-order valence-corrected chi connectivity index (χ4v) is 5.13. The Morgan fingerprint density at radius 1 is 0.610 bits per heavy atom. The quantitative estimate of drug-likeness (QED) is 0.0724. The Labute approximate surface area is 242 Å². The molecule has 0 aliphatic carbocycles. The first-order valence-corrected chi connectivity index (χ1v) is 15.0. The molecular weight excluding hydrogens is 544 g/mol. The summed E-state index contributed by atoms with van der Waals surface area (Å²) in [5.74, 6) is -0.137. The summed E-state index contributed by atoms with van der Waals surface area (Å²) in [4.78, 5) is 11.1. The molecule has 0 amide bonds. The molecule has 0 aromatic carbocycles. The normalized spacial score (nSPS) is 34.0. The third kappa shape index (κ3) is 11.9. The zero-order valence-corrected chi connectivity index (χ0v) is 24.2. The standard InChI is InChI=1S/C28H52O13/c1-37-20(31)14-12-10-8-6-4-2-3-5-7-9-11-13-15-38-27-25(36)23(34)26(19(17-30)40-27)41-28-24(35)22(33)21(32)18(16-29)39-28/h18-19,21-30,32-36H,2-17H2,1H3/t18-,19-,21-,22+,23-,24-,25-,26-,27-,28-/m1/s1. The number of aliphatic hydroxyl groups excluding tert-OH is 7. The fourth-order valence-electron chi connectivity index (χ4n) is 5.13. The summed E-state index contributed by atoms with van der Waals surface area (Å²) in [6.45, 7) is -0.958. The van der Waals surface area contributed by atoms with E-state index < -0.39 is 74.6 Å². The van der Waals surface area contributed by atoms with Gasteiger partial charge in [0.15, 0.2) is 12.6 Å². The van der Waals surface area contributed by atoms with Gasteiger partial charge >= 0.3 is 5.97 Å². The second-order valence-electron chi connectivity index (χ2n) is 10.9. The molecule has 0 unspecified atom stereocenters. The zero-order chi connectivity index (χ0) is 30.2. The Hall–Kier alpha value is -0.970. The van der Waals surface area contributed by atoms with Crippen molar-refractivity contribution in [3.8, 4) is 0 Å². The zero-order valence-electron chi connectivity index (χ0n) is 24.2. The van der Waals surface area contributed by atoms with Gasteiger partial charge in [0.05, 0.1) is 20.3 Å². The van der Waals surface area contributed by atoms with Gasteiger partial charge in [-0.3, -0.25) is 4.79 Å². The van der Waals surface area contributed by atoms with Crippen molar-refractivity contribution < 1.29 is 64.2 Å². The molecule has 13 nitrogen and oxygen atoms in total. The van der Waals surface area contributed by atoms with Crippen molar-refractivity contribution in [2.45, 2.75) is 145 Å². The van der Waals surface area contributed by atoms with Gasteiger partial charge in [0.1, 0.15) is 48.8 Å². The number of esters is 1. The van der Waals surface area contributed by atoms with Gasteiger partial charge in [-0.1, -0.05) is 64.2 Å². The number of carbonyl (C=O) groups excluding carboxylic acids is 1. The lowest BCUT2D eigenvalue weighted by molar-refractivity contribution is -0.359. The average molecular weight is 597 g/mol. The summed E-state index contributed by atoms with van der Waals surface area (Å²) in [6.07, 6.45) is -1.01. The van der Waals surface area contributed by atoms with Crippen LogP contribution in [0, 0.1) is 0 Å². The van der Waals surface area contributed by atoms with Crippen molar-refractivity contribution >= 4 is 5.97 Å². The van der Waals surface area contributed by atoms with Crippen molar-refractivity contribution in [3.05, 3.63) is 0 Å². The van der Waals surface area contributed by atoms with E-state index in [1.807, 2.05) is 0 Å². The van der Waals surface area contributed by atoms with E-state index in [2.05, 4.69) is 4.74 Å². The van der Waals surface area contributed by atoms with Crippen LogP contribution < -0.4 is 0 Å². The van der Waals surface area contributed by atoms with Gasteiger partial charge in [-0.25, -0.2) is 0 Å². The smallest absolute Gasteiger partial charge is 0.305 e. The third-order valence-electron chi connectivity index (χ3n) is 7.75. The number of hydrogen-bond donors (Lipinski definition) is 7. The number of methoxy groups -OCH3 is 1. The fraction of sp³-hybridized carbons (Fsp3) is 0.964. The summed E-state index contributed by atoms with van der Waals surface area (Å²) >= 11 is 0. The molecule has 2 fully saturated rings. The molecule has 0 saturated carbocycles. The number of carbonyl (C=O) groups is 1. The van der Waals surface area contributed by atoms with Crippen LogP contribution in [-0.2, 0) is 28.5 Å². The molecule has 0 radical (unpaired) electrons. The van der Waals surface area contributed by atoms with Crippen LogP contribution in [-0.4, -0.2) is 130 Å². The molecule has 0 spiro atoms. The Morgan fingerprint density at radius 3 is 1.63 bits per heavy atom. The third-order valence-corrected chi connectivity index (χ3v) is 7.75. The van der Waals surface area contributed by atoms with E-state index in [0.717, 1.165) is 44.9 Å². The van der Waals surface area contributed by atoms with E-state index in [9.17, 15) is 40.5 Å². The molecule has 2 heterocycles. The van der Waals surface area contributed by atoms with Crippen LogP contribution in [0.1, 0.15) is 83.5 Å². The van der Waals surface area contributed by atoms with Crippen molar-refractivity contribution in [3.63, 3.8) is 0 Å². The highest BCUT2D eigenvalue weighted by Gasteiger charge is 2.50. The van der Waals surface area contributed by atoms with Crippen LogP contribution in [0.2, 0.25) is 0 Å². The Morgan fingerprint density at radius 2 is 1.10 bits per heavy atom. The lowest BCUT2D eigenvalue weighted by Crippen LogP contribution is -2.64. The van der Waals surface area contributed by atoms with Gasteiger partial charge in [0.2, 0.25) is 0 Å². The molecule has 7 N–H and O–H groups in total. The van der Waals surface area contributed by atoms with Gasteiger partial charge in [-0.05, 0) is 12.8 Å². The molecule has 0 aromatic rings. The molecular formula is C28H52O13. The minimum Gasteiger partial charge on any atom is -0.469 e. The molecule has 2 aliphatic rings. The molecule has 2 aliphatic heterocycles. The Balaban J connectivity index is 1.58. The summed E-state index contributed by atoms with van der Waals surface area (Å²) in [5.41, 5.74) is 0. The van der Waals surface area contributed by atoms with Crippen molar-refractivity contribution in [1.82, 2.24) is 0 Å². The maximum absolute atomic E-state index is 11.1. The van der Waals surface area contributed by atoms with Gasteiger partial charge in [0.25, 0.3) is 0 Å². The van der Waals surface area contributed by atoms with Crippen molar-refractivity contribution in [1.29, 1.82) is 0 Å². The molecule has 13 heteroatoms. The molecule has 10 atom stereocenters. The topological polar surface area (TPSA) is 205 Å². The van der Waals surface area contributed by atoms with E-state index in [0.29, 0.717) is 13.0 Å². The second kappa shape index (κ2) is 20.1. The van der Waals surface area contributed by atoms with Gasteiger partial charge in [0, 0.05) is 13.0 Å². The van der Waals surface area contributed by atoms with Crippen LogP contribution in [0.15, 0.2) is 0 Å². The van der Waals surface area contributed by atoms with Crippen LogP contribution in [0.5, 0.6) is 0 Å². The SMILES string of the molecule is COC(=O)CCCCCCCCCCCCCCO[C@@H]1O[C@H](CO)[C@@H](O[C@H]2O[C@H](CO)[C@@H](O)[C@H](O)[C@H]2O)[C@H](O)[C@H]1O. The molecule has 0 aromatic heterocycles. The van der Waals surface area contributed by atoms with E-state index in [1.165, 1.54) is 39.2 Å². The first-order chi connectivity index (χ1) is 19.7. The van der Waals surface area contributed by atoms with Gasteiger partial charge in [-0.15, -0.1) is 0 Å². The molecule has 41 heavy (non-hydrogen) atoms. The summed E-state index contributed by atoms with van der Waals surface area (Å²) in [5, 5.41) is 70.4. The predicted molar refractivity (Wildman–Crippen MR) is 144 cm³/mol. The van der Waals surface area contributed by atoms with Gasteiger partial charge in [-0.2, -0.15) is 0 Å². The first kappa shape index (κ1) is 36.2. The van der Waals surface area contributed by atoms with E-state index in [-0.39, 0.29) is 5.97 Å². The Bertz CT molecular complexity index is 694. The molecule has 2 rings (SSSR count). The maximum Gasteiger partial charge on any atom is 0.305 e. The van der Waals surface area contributed by atoms with Gasteiger partial charge < -0.3 is 59.4 Å². The first-order valence-electron chi connectivity index (χ1n) is 15.0. The van der Waals surface area contributed by atoms with Crippen LogP contribution in [0.25, 0.3) is 0 Å². The Kier molecular flexibility index (Phi) is 17.7. The summed E-state index contributed by atoms with van der Waals surface area (Å²) in [6, 6.07) is 0. The van der Waals surface area contributed by atoms with E-state index in [4.69, 9.17) is 18.9 Å². The lowest BCUT2D eigenvalue weighted by Gasteiger charge is -2.45. The maximum atomic E-state index is 11.1. The number of unbranched alkanes of at least 4 members (excludes halogenated alkanes) is 11. The molecule has 242 valence electrons. The number of hydrogen-bond acceptors (Lipinski definition) is 13. The second-order valence-corrected chi connectivity index (χ2v) is 10.9. The highest BCUT2D eigenvalue weighted by molar-refractivity contribution is 5.68. The largest absolute Gasteiger partial charge is 0.469 e. The van der Waals surface area contributed by atoms with E-state index >= 15 is 0 Å². The average Bonchev–Trinajstić information content (AvgIpc) is 2.98. The lowest BCUT2D eigenvalue weighted by atomic mass is 9.97. The number of ether oxygens (including phenoxy) is 5. The number of aliphatic hydroxyl groups is 7. The summed E-state index contributed by atoms with van der Waals surface area (Å²) < 4.78 is 26.7. The van der Waals surface area contributed by atoms with Crippen LogP contribution >= 0.6 is 0 Å². The highest BCUT2D eigenvalue weighted by Crippen LogP contribution is 2.29. The van der Waals surface area contributed by atoms with Crippen molar-refractivity contribution in [2.24, 2.45) is 0 Å². The highest BCUT2D eigenvalue weighted by atomic mass is 16.7. The van der Waals surface area contributed by atoms with E-state index in [1.54, 1.807) is 0 Å². The number of rotatable bonds is 20. The van der Waals surface area contributed by atoms with Crippen LogP contribution in [0.3, 0.4) is 0 Å². The predicted octanol–water partition coefficient (Wildman–Crippen LogP) is -0.129. The van der Waals surface area contributed by atoms with Crippen LogP contribution in [0.4, 0.5) is 0 Å². The minimum absolute atomic E-state index is 0.137. The monoisotopic (exact) mass is 596 g/mol. The van der Waals surface area contributed by atoms with Crippen molar-refractivity contribution in [2.75, 3.05) is 26.9 Å².